The number of nitrogens with zero attached hydrogens (tertiary/aromatic N) is 2. The Morgan fingerprint density at radius 1 is 1.23 bits per heavy atom. The fourth-order valence-corrected chi connectivity index (χ4v) is 3.11. The second-order valence-corrected chi connectivity index (χ2v) is 6.41. The highest BCUT2D eigenvalue weighted by Crippen LogP contribution is 2.27. The minimum atomic E-state index is -0.225. The van der Waals surface area contributed by atoms with Gasteiger partial charge in [0.05, 0.1) is 0 Å². The highest BCUT2D eigenvalue weighted by atomic mass is 35.5. The predicted molar refractivity (Wildman–Crippen MR) is 89.4 cm³/mol. The molecule has 4 nitrogen and oxygen atoms in total. The van der Waals surface area contributed by atoms with E-state index in [0.29, 0.717) is 19.5 Å². The van der Waals surface area contributed by atoms with Gasteiger partial charge in [-0.2, -0.15) is 0 Å². The van der Waals surface area contributed by atoms with Crippen molar-refractivity contribution in [1.82, 2.24) is 4.90 Å². The molecular formula is C17H23ClN2O2. The minimum absolute atomic E-state index is 0.0639. The first-order chi connectivity index (χ1) is 10.4. The Kier molecular flexibility index (Phi) is 5.46. The normalized spacial score (nSPS) is 16.5. The third-order valence-electron chi connectivity index (χ3n) is 4.19. The van der Waals surface area contributed by atoms with Crippen LogP contribution >= 0.6 is 11.6 Å². The van der Waals surface area contributed by atoms with Crippen LogP contribution in [-0.4, -0.2) is 42.8 Å². The molecule has 1 fully saturated rings. The number of anilines is 1. The van der Waals surface area contributed by atoms with Crippen LogP contribution < -0.4 is 4.90 Å². The number of rotatable bonds is 4. The molecule has 0 radical (unpaired) electrons. The molecule has 0 aliphatic carbocycles. The van der Waals surface area contributed by atoms with Crippen molar-refractivity contribution in [3.05, 3.63) is 28.8 Å². The van der Waals surface area contributed by atoms with E-state index >= 15 is 0 Å². The van der Waals surface area contributed by atoms with Crippen molar-refractivity contribution in [2.75, 3.05) is 31.1 Å². The van der Waals surface area contributed by atoms with Gasteiger partial charge in [0, 0.05) is 49.2 Å². The molecule has 5 heteroatoms. The van der Waals surface area contributed by atoms with Gasteiger partial charge in [-0.3, -0.25) is 4.79 Å². The number of Topliss-reactive ketones (excluding diaryl/α,β-unsaturated/α-hetero) is 1. The van der Waals surface area contributed by atoms with E-state index in [2.05, 4.69) is 11.0 Å². The summed E-state index contributed by atoms with van der Waals surface area (Å²) < 4.78 is 0. The summed E-state index contributed by atoms with van der Waals surface area (Å²) in [5, 5.41) is 0.770. The second kappa shape index (κ2) is 7.14. The minimum Gasteiger partial charge on any atom is -0.368 e. The first kappa shape index (κ1) is 16.8. The van der Waals surface area contributed by atoms with Gasteiger partial charge in [0.1, 0.15) is 5.78 Å². The first-order valence-electron chi connectivity index (χ1n) is 7.68. The summed E-state index contributed by atoms with van der Waals surface area (Å²) >= 11 is 6.18. The van der Waals surface area contributed by atoms with Crippen molar-refractivity contribution in [3.8, 4) is 0 Å². The van der Waals surface area contributed by atoms with Crippen molar-refractivity contribution < 1.29 is 9.59 Å². The average Bonchev–Trinajstić information content (AvgIpc) is 2.49. The van der Waals surface area contributed by atoms with Gasteiger partial charge in [-0.05, 0) is 31.5 Å². The summed E-state index contributed by atoms with van der Waals surface area (Å²) in [5.41, 5.74) is 2.21. The number of benzene rings is 1. The van der Waals surface area contributed by atoms with Gasteiger partial charge >= 0.3 is 0 Å². The highest BCUT2D eigenvalue weighted by molar-refractivity contribution is 6.31. The van der Waals surface area contributed by atoms with Crippen LogP contribution in [0.2, 0.25) is 5.02 Å². The Labute approximate surface area is 137 Å². The van der Waals surface area contributed by atoms with E-state index in [0.717, 1.165) is 29.4 Å². The van der Waals surface area contributed by atoms with Crippen molar-refractivity contribution in [2.24, 2.45) is 5.92 Å². The first-order valence-corrected chi connectivity index (χ1v) is 8.06. The van der Waals surface area contributed by atoms with Crippen molar-refractivity contribution in [2.45, 2.75) is 27.2 Å². The number of carbonyl (C=O) groups is 2. The van der Waals surface area contributed by atoms with E-state index < -0.39 is 0 Å². The largest absolute Gasteiger partial charge is 0.368 e. The average molecular weight is 323 g/mol. The van der Waals surface area contributed by atoms with Gasteiger partial charge in [0.2, 0.25) is 5.91 Å². The molecule has 1 unspecified atom stereocenters. The molecule has 0 spiro atoms. The smallest absolute Gasteiger partial charge is 0.225 e. The Morgan fingerprint density at radius 2 is 1.86 bits per heavy atom. The zero-order valence-corrected chi connectivity index (χ0v) is 14.2. The molecule has 0 N–H and O–H groups in total. The van der Waals surface area contributed by atoms with Gasteiger partial charge in [0.15, 0.2) is 0 Å². The summed E-state index contributed by atoms with van der Waals surface area (Å²) in [6.07, 6.45) is 0.326. The molecule has 1 saturated heterocycles. The maximum atomic E-state index is 12.3. The second-order valence-electron chi connectivity index (χ2n) is 6.00. The van der Waals surface area contributed by atoms with E-state index in [4.69, 9.17) is 11.6 Å². The molecule has 120 valence electrons. The molecular weight excluding hydrogens is 300 g/mol. The lowest BCUT2D eigenvalue weighted by atomic mass is 10.0. The van der Waals surface area contributed by atoms with E-state index in [1.165, 1.54) is 6.92 Å². The van der Waals surface area contributed by atoms with E-state index in [1.807, 2.05) is 30.9 Å². The van der Waals surface area contributed by atoms with Crippen LogP contribution in [0.5, 0.6) is 0 Å². The quantitative estimate of drug-likeness (QED) is 0.855. The van der Waals surface area contributed by atoms with Crippen molar-refractivity contribution in [3.63, 3.8) is 0 Å². The fraction of sp³-hybridized carbons (Fsp3) is 0.529. The third-order valence-corrected chi connectivity index (χ3v) is 4.60. The van der Waals surface area contributed by atoms with Gasteiger partial charge < -0.3 is 14.6 Å². The monoisotopic (exact) mass is 322 g/mol. The van der Waals surface area contributed by atoms with Crippen molar-refractivity contribution in [1.29, 1.82) is 0 Å². The predicted octanol–water partition coefficient (Wildman–Crippen LogP) is 2.91. The SMILES string of the molecule is CC(=O)CC(C)C(=O)N1CCN(c2cccc(Cl)c2C)CC1. The Bertz CT molecular complexity index is 566. The summed E-state index contributed by atoms with van der Waals surface area (Å²) in [6, 6.07) is 5.91. The number of carbonyl (C=O) groups excluding carboxylic acids is 2. The molecule has 1 heterocycles. The lowest BCUT2D eigenvalue weighted by Crippen LogP contribution is -2.50. The van der Waals surface area contributed by atoms with Gasteiger partial charge in [-0.25, -0.2) is 0 Å². The molecule has 1 aromatic rings. The summed E-state index contributed by atoms with van der Waals surface area (Å²) in [7, 11) is 0. The van der Waals surface area contributed by atoms with Crippen LogP contribution in [0.1, 0.15) is 25.8 Å². The number of ketones is 1. The van der Waals surface area contributed by atoms with Gasteiger partial charge in [0.25, 0.3) is 0 Å². The highest BCUT2D eigenvalue weighted by Gasteiger charge is 2.26. The summed E-state index contributed by atoms with van der Waals surface area (Å²) in [5.74, 6) is -0.0799. The molecule has 1 atom stereocenters. The van der Waals surface area contributed by atoms with Gasteiger partial charge in [-0.1, -0.05) is 24.6 Å². The van der Waals surface area contributed by atoms with Crippen LogP contribution in [0.15, 0.2) is 18.2 Å². The summed E-state index contributed by atoms with van der Waals surface area (Å²) in [4.78, 5) is 27.6. The van der Waals surface area contributed by atoms with Crippen LogP contribution in [0.25, 0.3) is 0 Å². The molecule has 0 saturated carbocycles. The van der Waals surface area contributed by atoms with E-state index in [1.54, 1.807) is 0 Å². The molecule has 0 bridgehead atoms. The van der Waals surface area contributed by atoms with E-state index in [-0.39, 0.29) is 17.6 Å². The molecule has 1 aromatic carbocycles. The summed E-state index contributed by atoms with van der Waals surface area (Å²) in [6.45, 7) is 8.34. The van der Waals surface area contributed by atoms with Crippen LogP contribution in [-0.2, 0) is 9.59 Å². The molecule has 22 heavy (non-hydrogen) atoms. The zero-order chi connectivity index (χ0) is 16.3. The van der Waals surface area contributed by atoms with Crippen LogP contribution in [0.3, 0.4) is 0 Å². The molecule has 1 aliphatic rings. The molecule has 2 rings (SSSR count). The Balaban J connectivity index is 1.97. The number of halogens is 1. The standard InChI is InChI=1S/C17H23ClN2O2/c1-12(11-13(2)21)17(22)20-9-7-19(8-10-20)16-6-4-5-15(18)14(16)3/h4-6,12H,7-11H2,1-3H3. The van der Waals surface area contributed by atoms with E-state index in [9.17, 15) is 9.59 Å². The Morgan fingerprint density at radius 3 is 2.45 bits per heavy atom. The lowest BCUT2D eigenvalue weighted by Gasteiger charge is -2.37. The van der Waals surface area contributed by atoms with Crippen LogP contribution in [0, 0.1) is 12.8 Å². The van der Waals surface area contributed by atoms with Crippen LogP contribution in [0.4, 0.5) is 5.69 Å². The maximum Gasteiger partial charge on any atom is 0.225 e. The molecule has 1 aliphatic heterocycles. The fourth-order valence-electron chi connectivity index (χ4n) is 2.94. The number of amides is 1. The lowest BCUT2D eigenvalue weighted by molar-refractivity contribution is -0.137. The zero-order valence-electron chi connectivity index (χ0n) is 13.4. The topological polar surface area (TPSA) is 40.6 Å². The molecule has 1 amide bonds. The number of hydrogen-bond acceptors (Lipinski definition) is 3. The number of piperazine rings is 1. The third kappa shape index (κ3) is 3.80. The Hall–Kier alpha value is -1.55. The van der Waals surface area contributed by atoms with Crippen molar-refractivity contribution >= 4 is 29.0 Å². The molecule has 0 aromatic heterocycles. The maximum absolute atomic E-state index is 12.3. The number of hydrogen-bond donors (Lipinski definition) is 0. The van der Waals surface area contributed by atoms with Gasteiger partial charge in [-0.15, -0.1) is 0 Å².